The van der Waals surface area contributed by atoms with Crippen LogP contribution in [0.5, 0.6) is 5.75 Å². The Morgan fingerprint density at radius 1 is 1.22 bits per heavy atom. The van der Waals surface area contributed by atoms with Gasteiger partial charge in [0.2, 0.25) is 5.91 Å². The molecule has 152 valence electrons. The minimum Gasteiger partial charge on any atom is -0.376 e. The lowest BCUT2D eigenvalue weighted by molar-refractivity contribution is -0.887. The fourth-order valence-corrected chi connectivity index (χ4v) is 3.42. The van der Waals surface area contributed by atoms with Gasteiger partial charge in [-0.2, -0.15) is 21.6 Å². The first kappa shape index (κ1) is 21.5. The molecule has 27 heavy (non-hydrogen) atoms. The molecule has 1 heterocycles. The van der Waals surface area contributed by atoms with Crippen molar-refractivity contribution < 1.29 is 35.5 Å². The van der Waals surface area contributed by atoms with Gasteiger partial charge in [-0.05, 0) is 24.6 Å². The molecular weight excluding hydrogens is 385 g/mol. The van der Waals surface area contributed by atoms with Gasteiger partial charge in [0.05, 0.1) is 25.6 Å². The number of nitrogens with one attached hydrogen (secondary N) is 2. The molecule has 1 fully saturated rings. The number of benzene rings is 1. The Hall–Kier alpha value is -1.81. The van der Waals surface area contributed by atoms with Gasteiger partial charge in [0, 0.05) is 25.8 Å². The van der Waals surface area contributed by atoms with Crippen LogP contribution in [0.2, 0.25) is 0 Å². The van der Waals surface area contributed by atoms with Crippen molar-refractivity contribution in [2.45, 2.75) is 37.6 Å². The molecule has 1 aromatic carbocycles. The van der Waals surface area contributed by atoms with Crippen LogP contribution in [0, 0.1) is 0 Å². The average molecular weight is 409 g/mol. The number of carbonyl (C=O) groups excluding carboxylic acids is 1. The molecular formula is C17H24F3N2O4S+. The van der Waals surface area contributed by atoms with Crippen LogP contribution in [0.15, 0.2) is 24.3 Å². The largest absolute Gasteiger partial charge is 0.534 e. The molecule has 1 aromatic rings. The summed E-state index contributed by atoms with van der Waals surface area (Å²) < 4.78 is 62.9. The van der Waals surface area contributed by atoms with E-state index in [1.807, 2.05) is 0 Å². The van der Waals surface area contributed by atoms with Gasteiger partial charge in [0.15, 0.2) is 0 Å². The maximum absolute atomic E-state index is 12.3. The number of hydrogen-bond acceptors (Lipinski definition) is 4. The predicted molar refractivity (Wildman–Crippen MR) is 92.9 cm³/mol. The highest BCUT2D eigenvalue weighted by Gasteiger charge is 2.48. The van der Waals surface area contributed by atoms with Crippen LogP contribution in [-0.2, 0) is 14.9 Å². The third-order valence-electron chi connectivity index (χ3n) is 4.58. The lowest BCUT2D eigenvalue weighted by atomic mass is 10.0. The molecule has 2 rings (SSSR count). The molecule has 10 heteroatoms. The van der Waals surface area contributed by atoms with Crippen LogP contribution >= 0.6 is 0 Å². The van der Waals surface area contributed by atoms with E-state index in [0.717, 1.165) is 25.1 Å². The molecule has 1 amide bonds. The van der Waals surface area contributed by atoms with E-state index in [-0.39, 0.29) is 5.91 Å². The summed E-state index contributed by atoms with van der Waals surface area (Å²) >= 11 is 0. The average Bonchev–Trinajstić information content (AvgIpc) is 3.10. The van der Waals surface area contributed by atoms with Gasteiger partial charge >= 0.3 is 15.6 Å². The van der Waals surface area contributed by atoms with Crippen LogP contribution in [0.4, 0.5) is 13.2 Å². The Balaban J connectivity index is 1.83. The third kappa shape index (κ3) is 6.10. The Labute approximate surface area is 156 Å². The zero-order chi connectivity index (χ0) is 20.1. The first-order chi connectivity index (χ1) is 12.6. The van der Waals surface area contributed by atoms with Crippen LogP contribution in [0.3, 0.4) is 0 Å². The fraction of sp³-hybridized carbons (Fsp3) is 0.588. The van der Waals surface area contributed by atoms with E-state index in [4.69, 9.17) is 0 Å². The Morgan fingerprint density at radius 2 is 1.81 bits per heavy atom. The lowest BCUT2D eigenvalue weighted by Crippen LogP contribution is -3.10. The molecule has 1 aliphatic rings. The predicted octanol–water partition coefficient (Wildman–Crippen LogP) is 1.20. The molecule has 0 bridgehead atoms. The van der Waals surface area contributed by atoms with Crippen molar-refractivity contribution in [2.24, 2.45) is 0 Å². The number of likely N-dealkylation sites (tertiary alicyclic amines) is 1. The maximum Gasteiger partial charge on any atom is 0.534 e. The second-order valence-corrected chi connectivity index (χ2v) is 8.16. The molecule has 1 atom stereocenters. The molecule has 0 aliphatic carbocycles. The normalized spacial score (nSPS) is 16.9. The quantitative estimate of drug-likeness (QED) is 0.384. The Morgan fingerprint density at radius 3 is 2.37 bits per heavy atom. The van der Waals surface area contributed by atoms with Crippen LogP contribution in [0.1, 0.15) is 37.7 Å². The van der Waals surface area contributed by atoms with E-state index < -0.39 is 27.3 Å². The standard InChI is InChI=1S/C17H23F3N2O4S/c1-13(16(23)21-9-4-12-22-10-2-3-11-22)14-5-7-15(8-6-14)26-27(24,25)17(18,19)20/h5-8,13H,2-4,9-12H2,1H3,(H,21,23)/p+1/t13-/m1/s1. The summed E-state index contributed by atoms with van der Waals surface area (Å²) in [4.78, 5) is 13.7. The number of amides is 1. The second-order valence-electron chi connectivity index (χ2n) is 6.63. The lowest BCUT2D eigenvalue weighted by Gasteiger charge is -2.15. The highest BCUT2D eigenvalue weighted by molar-refractivity contribution is 7.88. The minimum atomic E-state index is -5.70. The van der Waals surface area contributed by atoms with Crippen molar-refractivity contribution in [3.05, 3.63) is 29.8 Å². The minimum absolute atomic E-state index is 0.192. The van der Waals surface area contributed by atoms with Crippen LogP contribution in [0.25, 0.3) is 0 Å². The Bertz CT molecular complexity index is 730. The summed E-state index contributed by atoms with van der Waals surface area (Å²) in [6, 6.07) is 4.94. The highest BCUT2D eigenvalue weighted by atomic mass is 32.2. The molecule has 0 spiro atoms. The van der Waals surface area contributed by atoms with Crippen LogP contribution < -0.4 is 14.4 Å². The van der Waals surface area contributed by atoms with E-state index >= 15 is 0 Å². The number of alkyl halides is 3. The van der Waals surface area contributed by atoms with Crippen molar-refractivity contribution in [3.63, 3.8) is 0 Å². The summed E-state index contributed by atoms with van der Waals surface area (Å²) in [6.45, 7) is 5.63. The van der Waals surface area contributed by atoms with Gasteiger partial charge < -0.3 is 14.4 Å². The van der Waals surface area contributed by atoms with Crippen LogP contribution in [-0.4, -0.2) is 46.0 Å². The fourth-order valence-electron chi connectivity index (χ4n) is 2.97. The first-order valence-corrected chi connectivity index (χ1v) is 10.2. The smallest absolute Gasteiger partial charge is 0.376 e. The number of quaternary nitrogens is 1. The van der Waals surface area contributed by atoms with Gasteiger partial charge in [0.25, 0.3) is 0 Å². The van der Waals surface area contributed by atoms with E-state index in [2.05, 4.69) is 9.50 Å². The van der Waals surface area contributed by atoms with E-state index in [9.17, 15) is 26.4 Å². The highest BCUT2D eigenvalue weighted by Crippen LogP contribution is 2.27. The van der Waals surface area contributed by atoms with Crippen molar-refractivity contribution in [2.75, 3.05) is 26.2 Å². The van der Waals surface area contributed by atoms with Gasteiger partial charge in [-0.3, -0.25) is 4.79 Å². The number of rotatable bonds is 8. The molecule has 1 saturated heterocycles. The SMILES string of the molecule is C[C@@H](C(=O)NCCC[NH+]1CCCC1)c1ccc(OS(=O)(=O)C(F)(F)F)cc1. The number of carbonyl (C=O) groups is 1. The Kier molecular flexibility index (Phi) is 7.10. The molecule has 0 aromatic heterocycles. The maximum atomic E-state index is 12.3. The van der Waals surface area contributed by atoms with Crippen molar-refractivity contribution in [3.8, 4) is 5.75 Å². The van der Waals surface area contributed by atoms with E-state index in [1.54, 1.807) is 11.8 Å². The molecule has 2 N–H and O–H groups in total. The number of hydrogen-bond donors (Lipinski definition) is 2. The topological polar surface area (TPSA) is 76.9 Å². The molecule has 0 saturated carbocycles. The second kappa shape index (κ2) is 8.92. The monoisotopic (exact) mass is 409 g/mol. The number of halogens is 3. The summed E-state index contributed by atoms with van der Waals surface area (Å²) in [5.41, 5.74) is -4.94. The third-order valence-corrected chi connectivity index (χ3v) is 5.56. The zero-order valence-corrected chi connectivity index (χ0v) is 15.8. The molecule has 0 unspecified atom stereocenters. The van der Waals surface area contributed by atoms with Gasteiger partial charge in [-0.15, -0.1) is 0 Å². The first-order valence-electron chi connectivity index (χ1n) is 8.82. The van der Waals surface area contributed by atoms with E-state index in [1.165, 1.54) is 38.1 Å². The van der Waals surface area contributed by atoms with Gasteiger partial charge in [0.1, 0.15) is 5.75 Å². The van der Waals surface area contributed by atoms with Crippen molar-refractivity contribution >= 4 is 16.0 Å². The summed E-state index contributed by atoms with van der Waals surface area (Å²) in [7, 11) is -5.70. The zero-order valence-electron chi connectivity index (χ0n) is 15.0. The van der Waals surface area contributed by atoms with Gasteiger partial charge in [-0.1, -0.05) is 12.1 Å². The summed E-state index contributed by atoms with van der Waals surface area (Å²) in [5.74, 6) is -1.17. The molecule has 6 nitrogen and oxygen atoms in total. The summed E-state index contributed by atoms with van der Waals surface area (Å²) in [5, 5.41) is 2.85. The van der Waals surface area contributed by atoms with Gasteiger partial charge in [-0.25, -0.2) is 0 Å². The summed E-state index contributed by atoms with van der Waals surface area (Å²) in [6.07, 6.45) is 3.39. The van der Waals surface area contributed by atoms with Crippen molar-refractivity contribution in [1.29, 1.82) is 0 Å². The molecule has 0 radical (unpaired) electrons. The molecule has 1 aliphatic heterocycles. The van der Waals surface area contributed by atoms with E-state index in [0.29, 0.717) is 12.1 Å². The van der Waals surface area contributed by atoms with Crippen molar-refractivity contribution in [1.82, 2.24) is 5.32 Å².